The molecule has 0 spiro atoms. The first-order valence-corrected chi connectivity index (χ1v) is 10.6. The average molecular weight is 462 g/mol. The van der Waals surface area contributed by atoms with E-state index in [1.54, 1.807) is 13.0 Å². The molecule has 0 bridgehead atoms. The number of fused-ring (bicyclic) bond motifs is 1. The lowest BCUT2D eigenvalue weighted by Crippen LogP contribution is -2.35. The summed E-state index contributed by atoms with van der Waals surface area (Å²) in [6.45, 7) is 9.16. The summed E-state index contributed by atoms with van der Waals surface area (Å²) in [4.78, 5) is 47.9. The van der Waals surface area contributed by atoms with E-state index >= 15 is 0 Å². The molecule has 9 nitrogen and oxygen atoms in total. The van der Waals surface area contributed by atoms with Crippen molar-refractivity contribution in [3.8, 4) is 0 Å². The van der Waals surface area contributed by atoms with E-state index in [9.17, 15) is 24.3 Å². The Balaban J connectivity index is 2.39. The maximum Gasteiger partial charge on any atom is 0.337 e. The van der Waals surface area contributed by atoms with Crippen LogP contribution in [-0.2, 0) is 38.1 Å². The second-order valence-electron chi connectivity index (χ2n) is 8.06. The van der Waals surface area contributed by atoms with Crippen LogP contribution in [-0.4, -0.2) is 60.5 Å². The van der Waals surface area contributed by atoms with E-state index < -0.39 is 54.7 Å². The molecular formula is C24H30O9. The minimum absolute atomic E-state index is 0.0273. The fraction of sp³-hybridized carbons (Fsp3) is 0.500. The molecule has 0 amide bonds. The van der Waals surface area contributed by atoms with Gasteiger partial charge in [0.25, 0.3) is 0 Å². The van der Waals surface area contributed by atoms with Gasteiger partial charge in [-0.05, 0) is 31.6 Å². The number of carbonyl (C=O) groups excluding carboxylic acids is 4. The van der Waals surface area contributed by atoms with E-state index in [1.807, 2.05) is 13.0 Å². The van der Waals surface area contributed by atoms with Gasteiger partial charge < -0.3 is 24.1 Å². The molecule has 0 saturated carbocycles. The van der Waals surface area contributed by atoms with Crippen molar-refractivity contribution in [2.75, 3.05) is 13.2 Å². The van der Waals surface area contributed by atoms with Crippen LogP contribution in [0, 0.1) is 5.92 Å². The molecule has 0 aromatic heterocycles. The smallest absolute Gasteiger partial charge is 0.337 e. The van der Waals surface area contributed by atoms with Gasteiger partial charge in [-0.2, -0.15) is 0 Å². The number of aliphatic hydroxyl groups is 1. The molecule has 33 heavy (non-hydrogen) atoms. The van der Waals surface area contributed by atoms with Crippen molar-refractivity contribution in [3.05, 3.63) is 47.1 Å². The standard InChI is InChI=1S/C24H30O9/c1-13-6-7-19(31-17(5)27)14(2)11-21-22(15(3)23(28)32-21)20(10-13)33-24(29)18(8-9-25)12-30-16(4)26/h6,8,11,19-22,25H,3,7,9-10,12H2,1-2,4-5H3. The second kappa shape index (κ2) is 11.6. The highest BCUT2D eigenvalue weighted by atomic mass is 16.6. The number of hydrogen-bond acceptors (Lipinski definition) is 9. The second-order valence-corrected chi connectivity index (χ2v) is 8.06. The number of ether oxygens (including phenoxy) is 4. The molecule has 1 saturated heterocycles. The van der Waals surface area contributed by atoms with Crippen LogP contribution >= 0.6 is 0 Å². The summed E-state index contributed by atoms with van der Waals surface area (Å²) >= 11 is 0. The summed E-state index contributed by atoms with van der Waals surface area (Å²) < 4.78 is 21.5. The molecule has 0 aromatic rings. The zero-order valence-corrected chi connectivity index (χ0v) is 19.3. The lowest BCUT2D eigenvalue weighted by Gasteiger charge is -2.28. The van der Waals surface area contributed by atoms with Gasteiger partial charge in [-0.3, -0.25) is 9.59 Å². The number of hydrogen-bond donors (Lipinski definition) is 1. The van der Waals surface area contributed by atoms with E-state index in [1.165, 1.54) is 19.9 Å². The van der Waals surface area contributed by atoms with Gasteiger partial charge in [0.2, 0.25) is 0 Å². The van der Waals surface area contributed by atoms with Crippen LogP contribution in [0.15, 0.2) is 47.1 Å². The van der Waals surface area contributed by atoms with E-state index in [4.69, 9.17) is 18.9 Å². The number of rotatable bonds is 6. The summed E-state index contributed by atoms with van der Waals surface area (Å²) in [6, 6.07) is 0. The molecule has 1 aliphatic carbocycles. The normalized spacial score (nSPS) is 25.8. The molecule has 9 heteroatoms. The molecular weight excluding hydrogens is 432 g/mol. The summed E-state index contributed by atoms with van der Waals surface area (Å²) in [7, 11) is 0. The molecule has 0 aromatic carbocycles. The van der Waals surface area contributed by atoms with Gasteiger partial charge in [-0.1, -0.05) is 18.2 Å². The average Bonchev–Trinajstić information content (AvgIpc) is 2.99. The van der Waals surface area contributed by atoms with Crippen molar-refractivity contribution in [3.63, 3.8) is 0 Å². The van der Waals surface area contributed by atoms with E-state index in [0.29, 0.717) is 12.0 Å². The maximum absolute atomic E-state index is 12.8. The largest absolute Gasteiger partial charge is 0.461 e. The Morgan fingerprint density at radius 1 is 1.21 bits per heavy atom. The maximum atomic E-state index is 12.8. The first kappa shape index (κ1) is 26.1. The Labute approximate surface area is 192 Å². The first-order valence-electron chi connectivity index (χ1n) is 10.6. The predicted octanol–water partition coefficient (Wildman–Crippen LogP) is 2.10. The summed E-state index contributed by atoms with van der Waals surface area (Å²) in [5.74, 6) is -3.09. The van der Waals surface area contributed by atoms with Crippen LogP contribution in [0.25, 0.3) is 0 Å². The molecule has 2 aliphatic rings. The van der Waals surface area contributed by atoms with Gasteiger partial charge in [-0.25, -0.2) is 9.59 Å². The Bertz CT molecular complexity index is 909. The number of esters is 4. The van der Waals surface area contributed by atoms with E-state index in [0.717, 1.165) is 5.57 Å². The van der Waals surface area contributed by atoms with Crippen molar-refractivity contribution < 1.29 is 43.2 Å². The number of aliphatic hydroxyl groups excluding tert-OH is 1. The molecule has 2 rings (SSSR count). The lowest BCUT2D eigenvalue weighted by atomic mass is 9.85. The molecule has 4 unspecified atom stereocenters. The zero-order valence-electron chi connectivity index (χ0n) is 19.3. The Morgan fingerprint density at radius 2 is 1.91 bits per heavy atom. The fourth-order valence-corrected chi connectivity index (χ4v) is 3.73. The molecule has 1 aliphatic heterocycles. The third kappa shape index (κ3) is 7.15. The van der Waals surface area contributed by atoms with Crippen LogP contribution in [0.5, 0.6) is 0 Å². The highest BCUT2D eigenvalue weighted by Gasteiger charge is 2.45. The van der Waals surface area contributed by atoms with Gasteiger partial charge in [-0.15, -0.1) is 0 Å². The van der Waals surface area contributed by atoms with Crippen LogP contribution in [0.4, 0.5) is 0 Å². The van der Waals surface area contributed by atoms with E-state index in [2.05, 4.69) is 6.58 Å². The first-order chi connectivity index (χ1) is 15.5. The minimum atomic E-state index is -0.813. The van der Waals surface area contributed by atoms with Gasteiger partial charge in [0.15, 0.2) is 0 Å². The van der Waals surface area contributed by atoms with Crippen LogP contribution in [0.2, 0.25) is 0 Å². The predicted molar refractivity (Wildman–Crippen MR) is 116 cm³/mol. The fourth-order valence-electron chi connectivity index (χ4n) is 3.73. The molecule has 180 valence electrons. The highest BCUT2D eigenvalue weighted by Crippen LogP contribution is 2.36. The SMILES string of the molecule is C=C1C(=O)OC2C=C(C)C(OC(C)=O)CC=C(C)CC(OC(=O)C(=CCO)COC(C)=O)C12. The third-order valence-corrected chi connectivity index (χ3v) is 5.40. The highest BCUT2D eigenvalue weighted by molar-refractivity contribution is 5.92. The van der Waals surface area contributed by atoms with Gasteiger partial charge >= 0.3 is 23.9 Å². The Hall–Kier alpha value is -3.20. The topological polar surface area (TPSA) is 125 Å². The molecule has 0 radical (unpaired) electrons. The van der Waals surface area contributed by atoms with Gasteiger partial charge in [0, 0.05) is 32.3 Å². The molecule has 1 fully saturated rings. The molecule has 4 atom stereocenters. The minimum Gasteiger partial charge on any atom is -0.461 e. The van der Waals surface area contributed by atoms with Gasteiger partial charge in [0.05, 0.1) is 18.1 Å². The van der Waals surface area contributed by atoms with Crippen molar-refractivity contribution >= 4 is 23.9 Å². The lowest BCUT2D eigenvalue weighted by molar-refractivity contribution is -0.149. The van der Waals surface area contributed by atoms with Crippen molar-refractivity contribution in [2.24, 2.45) is 5.92 Å². The Morgan fingerprint density at radius 3 is 2.52 bits per heavy atom. The van der Waals surface area contributed by atoms with Crippen molar-refractivity contribution in [1.29, 1.82) is 0 Å². The van der Waals surface area contributed by atoms with E-state index in [-0.39, 0.29) is 24.2 Å². The monoisotopic (exact) mass is 462 g/mol. The van der Waals surface area contributed by atoms with Crippen molar-refractivity contribution in [1.82, 2.24) is 0 Å². The van der Waals surface area contributed by atoms with Gasteiger partial charge in [0.1, 0.15) is 24.9 Å². The van der Waals surface area contributed by atoms with Crippen LogP contribution in [0.3, 0.4) is 0 Å². The number of carbonyl (C=O) groups is 4. The van der Waals surface area contributed by atoms with Crippen LogP contribution < -0.4 is 0 Å². The summed E-state index contributed by atoms with van der Waals surface area (Å²) in [5.41, 5.74) is 1.67. The van der Waals surface area contributed by atoms with Crippen LogP contribution in [0.1, 0.15) is 40.5 Å². The molecule has 1 heterocycles. The molecule has 1 N–H and O–H groups in total. The Kier molecular flexibility index (Phi) is 9.16. The van der Waals surface area contributed by atoms with Crippen molar-refractivity contribution in [2.45, 2.75) is 58.8 Å². The quantitative estimate of drug-likeness (QED) is 0.273. The third-order valence-electron chi connectivity index (χ3n) is 5.40. The summed E-state index contributed by atoms with van der Waals surface area (Å²) in [6.07, 6.45) is 3.34. The zero-order chi connectivity index (χ0) is 24.7. The summed E-state index contributed by atoms with van der Waals surface area (Å²) in [5, 5.41) is 9.24.